The van der Waals surface area contributed by atoms with Crippen molar-refractivity contribution in [2.24, 2.45) is 5.92 Å². The molecule has 0 saturated heterocycles. The minimum Gasteiger partial charge on any atom is -0.355 e. The summed E-state index contributed by atoms with van der Waals surface area (Å²) in [5.41, 5.74) is 1.08. The molecule has 2 N–H and O–H groups in total. The van der Waals surface area contributed by atoms with Gasteiger partial charge >= 0.3 is 0 Å². The normalized spacial score (nSPS) is 12.4. The first-order valence-corrected chi connectivity index (χ1v) is 6.49. The third-order valence-electron chi connectivity index (χ3n) is 2.75. The largest absolute Gasteiger partial charge is 0.355 e. The minimum absolute atomic E-state index is 0.0551. The topological polar surface area (TPSA) is 54.0 Å². The summed E-state index contributed by atoms with van der Waals surface area (Å²) in [4.78, 5) is 15.8. The Bertz CT molecular complexity index is 351. The molecule has 0 aliphatic rings. The number of hydrogen-bond donors (Lipinski definition) is 2. The molecule has 0 aliphatic heterocycles. The summed E-state index contributed by atoms with van der Waals surface area (Å²) in [6.45, 7) is 7.58. The van der Waals surface area contributed by atoms with Crippen LogP contribution in [0.1, 0.15) is 32.8 Å². The fourth-order valence-corrected chi connectivity index (χ4v) is 1.50. The highest BCUT2D eigenvalue weighted by atomic mass is 16.2. The molecule has 4 heteroatoms. The summed E-state index contributed by atoms with van der Waals surface area (Å²) in [7, 11) is 0. The number of aromatic nitrogens is 1. The van der Waals surface area contributed by atoms with Gasteiger partial charge in [-0.3, -0.25) is 9.78 Å². The maximum atomic E-state index is 11.8. The van der Waals surface area contributed by atoms with Gasteiger partial charge in [0.25, 0.3) is 0 Å². The Morgan fingerprint density at radius 1 is 1.39 bits per heavy atom. The van der Waals surface area contributed by atoms with E-state index in [1.165, 1.54) is 0 Å². The van der Waals surface area contributed by atoms with Gasteiger partial charge in [0.05, 0.1) is 6.04 Å². The molecular weight excluding hydrogens is 226 g/mol. The molecule has 100 valence electrons. The van der Waals surface area contributed by atoms with Gasteiger partial charge in [-0.2, -0.15) is 0 Å². The Morgan fingerprint density at radius 3 is 2.78 bits per heavy atom. The molecule has 0 radical (unpaired) electrons. The van der Waals surface area contributed by atoms with E-state index < -0.39 is 0 Å². The number of hydrogen-bond acceptors (Lipinski definition) is 3. The first-order chi connectivity index (χ1) is 8.59. The predicted octanol–water partition coefficient (Wildman–Crippen LogP) is 1.72. The van der Waals surface area contributed by atoms with E-state index in [2.05, 4.69) is 29.5 Å². The van der Waals surface area contributed by atoms with E-state index in [0.717, 1.165) is 18.5 Å². The van der Waals surface area contributed by atoms with Gasteiger partial charge in [0, 0.05) is 25.5 Å². The van der Waals surface area contributed by atoms with Crippen molar-refractivity contribution in [2.75, 3.05) is 6.54 Å². The van der Waals surface area contributed by atoms with Gasteiger partial charge in [0.2, 0.25) is 5.91 Å². The summed E-state index contributed by atoms with van der Waals surface area (Å²) in [6, 6.07) is 3.70. The monoisotopic (exact) mass is 249 g/mol. The smallest absolute Gasteiger partial charge is 0.236 e. The fraction of sp³-hybridized carbons (Fsp3) is 0.571. The van der Waals surface area contributed by atoms with Gasteiger partial charge in [0.15, 0.2) is 0 Å². The maximum absolute atomic E-state index is 11.8. The van der Waals surface area contributed by atoms with Crippen LogP contribution in [0.2, 0.25) is 0 Å². The molecule has 1 unspecified atom stereocenters. The summed E-state index contributed by atoms with van der Waals surface area (Å²) < 4.78 is 0. The van der Waals surface area contributed by atoms with Crippen molar-refractivity contribution in [3.05, 3.63) is 30.1 Å². The lowest BCUT2D eigenvalue weighted by Gasteiger charge is -2.14. The average Bonchev–Trinajstić information content (AvgIpc) is 2.36. The van der Waals surface area contributed by atoms with Crippen molar-refractivity contribution < 1.29 is 4.79 Å². The molecule has 1 aromatic heterocycles. The maximum Gasteiger partial charge on any atom is 0.236 e. The highest BCUT2D eigenvalue weighted by molar-refractivity contribution is 5.81. The van der Waals surface area contributed by atoms with Crippen LogP contribution in [0, 0.1) is 5.92 Å². The molecule has 1 rings (SSSR count). The van der Waals surface area contributed by atoms with Gasteiger partial charge in [-0.15, -0.1) is 0 Å². The number of nitrogens with one attached hydrogen (secondary N) is 2. The zero-order chi connectivity index (χ0) is 13.4. The molecular formula is C14H23N3O. The van der Waals surface area contributed by atoms with Crippen molar-refractivity contribution in [1.82, 2.24) is 15.6 Å². The quantitative estimate of drug-likeness (QED) is 0.773. The summed E-state index contributed by atoms with van der Waals surface area (Å²) in [6.07, 6.45) is 4.56. The SMILES string of the molecule is CC(C)CCNC(=O)C(C)NCc1cccnc1. The number of carbonyl (C=O) groups excluding carboxylic acids is 1. The number of nitrogens with zero attached hydrogens (tertiary/aromatic N) is 1. The molecule has 0 spiro atoms. The summed E-state index contributed by atoms with van der Waals surface area (Å²) >= 11 is 0. The van der Waals surface area contributed by atoms with Crippen LogP contribution in [-0.4, -0.2) is 23.5 Å². The second kappa shape index (κ2) is 7.82. The molecule has 0 fully saturated rings. The van der Waals surface area contributed by atoms with Crippen LogP contribution < -0.4 is 10.6 Å². The second-order valence-corrected chi connectivity index (χ2v) is 4.94. The molecule has 1 amide bonds. The Kier molecular flexibility index (Phi) is 6.36. The predicted molar refractivity (Wildman–Crippen MR) is 73.0 cm³/mol. The van der Waals surface area contributed by atoms with Gasteiger partial charge in [-0.25, -0.2) is 0 Å². The molecule has 0 aromatic carbocycles. The first kappa shape index (κ1) is 14.6. The van der Waals surface area contributed by atoms with Crippen molar-refractivity contribution in [2.45, 2.75) is 39.8 Å². The molecule has 0 bridgehead atoms. The van der Waals surface area contributed by atoms with Crippen LogP contribution in [0.5, 0.6) is 0 Å². The van der Waals surface area contributed by atoms with Crippen molar-refractivity contribution in [1.29, 1.82) is 0 Å². The molecule has 4 nitrogen and oxygen atoms in total. The van der Waals surface area contributed by atoms with Crippen LogP contribution in [0.3, 0.4) is 0 Å². The fourth-order valence-electron chi connectivity index (χ4n) is 1.50. The zero-order valence-corrected chi connectivity index (χ0v) is 11.4. The van der Waals surface area contributed by atoms with E-state index in [1.54, 1.807) is 12.4 Å². The number of pyridine rings is 1. The molecule has 0 aliphatic carbocycles. The molecule has 1 heterocycles. The number of carbonyl (C=O) groups is 1. The van der Waals surface area contributed by atoms with Crippen molar-refractivity contribution >= 4 is 5.91 Å². The Balaban J connectivity index is 2.23. The summed E-state index contributed by atoms with van der Waals surface area (Å²) in [5, 5.41) is 6.12. The molecule has 1 aromatic rings. The standard InChI is InChI=1S/C14H23N3O/c1-11(2)6-8-16-14(18)12(3)17-10-13-5-4-7-15-9-13/h4-5,7,9,11-12,17H,6,8,10H2,1-3H3,(H,16,18). The lowest BCUT2D eigenvalue weighted by molar-refractivity contribution is -0.122. The van der Waals surface area contributed by atoms with Gasteiger partial charge < -0.3 is 10.6 Å². The van der Waals surface area contributed by atoms with Crippen LogP contribution in [0.4, 0.5) is 0 Å². The highest BCUT2D eigenvalue weighted by Gasteiger charge is 2.11. The van der Waals surface area contributed by atoms with E-state index in [4.69, 9.17) is 0 Å². The summed E-state index contributed by atoms with van der Waals surface area (Å²) in [5.74, 6) is 0.670. The van der Waals surface area contributed by atoms with Gasteiger partial charge in [0.1, 0.15) is 0 Å². The third-order valence-corrected chi connectivity index (χ3v) is 2.75. The Hall–Kier alpha value is -1.42. The van der Waals surface area contributed by atoms with Crippen molar-refractivity contribution in [3.63, 3.8) is 0 Å². The third kappa shape index (κ3) is 5.77. The number of amides is 1. The van der Waals surface area contributed by atoms with E-state index in [1.807, 2.05) is 19.1 Å². The lowest BCUT2D eigenvalue weighted by atomic mass is 10.1. The zero-order valence-electron chi connectivity index (χ0n) is 11.4. The Labute approximate surface area is 109 Å². The van der Waals surface area contributed by atoms with Crippen molar-refractivity contribution in [3.8, 4) is 0 Å². The van der Waals surface area contributed by atoms with Gasteiger partial charge in [-0.1, -0.05) is 19.9 Å². The van der Waals surface area contributed by atoms with E-state index >= 15 is 0 Å². The van der Waals surface area contributed by atoms with Crippen LogP contribution in [-0.2, 0) is 11.3 Å². The van der Waals surface area contributed by atoms with E-state index in [0.29, 0.717) is 12.5 Å². The van der Waals surface area contributed by atoms with Crippen LogP contribution in [0.15, 0.2) is 24.5 Å². The Morgan fingerprint density at radius 2 is 2.17 bits per heavy atom. The number of rotatable bonds is 7. The van der Waals surface area contributed by atoms with E-state index in [9.17, 15) is 4.79 Å². The van der Waals surface area contributed by atoms with E-state index in [-0.39, 0.29) is 11.9 Å². The average molecular weight is 249 g/mol. The van der Waals surface area contributed by atoms with Crippen LogP contribution in [0.25, 0.3) is 0 Å². The minimum atomic E-state index is -0.183. The molecule has 1 atom stereocenters. The molecule has 0 saturated carbocycles. The molecule has 18 heavy (non-hydrogen) atoms. The second-order valence-electron chi connectivity index (χ2n) is 4.94. The first-order valence-electron chi connectivity index (χ1n) is 6.49. The highest BCUT2D eigenvalue weighted by Crippen LogP contribution is 1.98. The lowest BCUT2D eigenvalue weighted by Crippen LogP contribution is -2.42. The van der Waals surface area contributed by atoms with Gasteiger partial charge in [-0.05, 0) is 30.9 Å². The van der Waals surface area contributed by atoms with Crippen LogP contribution >= 0.6 is 0 Å².